The number of nitrogens with zero attached hydrogens (tertiary/aromatic N) is 4. The van der Waals surface area contributed by atoms with Crippen LogP contribution in [0, 0.1) is 5.82 Å². The van der Waals surface area contributed by atoms with Crippen molar-refractivity contribution in [2.45, 2.75) is 26.3 Å². The first-order valence-electron chi connectivity index (χ1n) is 11.7. The molecule has 0 aliphatic carbocycles. The molecule has 1 amide bonds. The van der Waals surface area contributed by atoms with E-state index in [1.54, 1.807) is 24.4 Å². The van der Waals surface area contributed by atoms with Crippen LogP contribution in [-0.4, -0.2) is 44.7 Å². The summed E-state index contributed by atoms with van der Waals surface area (Å²) >= 11 is 11.9. The summed E-state index contributed by atoms with van der Waals surface area (Å²) in [4.78, 5) is 19.1. The lowest BCUT2D eigenvalue weighted by molar-refractivity contribution is 0.0937. The number of nitrogens with one attached hydrogen (secondary N) is 1. The van der Waals surface area contributed by atoms with Gasteiger partial charge in [-0.25, -0.2) is 13.9 Å². The molecular formula is C27H26Cl2FN5O2. The van der Waals surface area contributed by atoms with Gasteiger partial charge >= 0.3 is 0 Å². The topological polar surface area (TPSA) is 82.8 Å². The van der Waals surface area contributed by atoms with Crippen LogP contribution in [0.25, 0.3) is 11.7 Å². The summed E-state index contributed by atoms with van der Waals surface area (Å²) < 4.78 is 13.7. The van der Waals surface area contributed by atoms with Crippen LogP contribution in [0.15, 0.2) is 66.4 Å². The lowest BCUT2D eigenvalue weighted by atomic mass is 10.1. The van der Waals surface area contributed by atoms with Crippen molar-refractivity contribution in [3.05, 3.63) is 93.5 Å². The summed E-state index contributed by atoms with van der Waals surface area (Å²) in [6.45, 7) is 5.41. The molecule has 0 radical (unpaired) electrons. The molecule has 2 aromatic carbocycles. The molecule has 0 unspecified atom stereocenters. The molecule has 3 heterocycles. The molecule has 0 spiro atoms. The number of allylic oxidation sites excluding steroid dienone is 1. The van der Waals surface area contributed by atoms with Crippen molar-refractivity contribution in [1.29, 1.82) is 0 Å². The van der Waals surface area contributed by atoms with Crippen molar-refractivity contribution >= 4 is 46.7 Å². The second-order valence-corrected chi connectivity index (χ2v) is 9.69. The summed E-state index contributed by atoms with van der Waals surface area (Å²) in [5, 5.41) is 18.1. The van der Waals surface area contributed by atoms with E-state index in [1.807, 2.05) is 36.6 Å². The number of hydrogen-bond donors (Lipinski definition) is 2. The van der Waals surface area contributed by atoms with Crippen LogP contribution in [0.4, 0.5) is 10.2 Å². The van der Waals surface area contributed by atoms with Gasteiger partial charge < -0.3 is 15.3 Å². The molecule has 7 nitrogen and oxygen atoms in total. The molecule has 1 aliphatic rings. The number of hydrogen-bond acceptors (Lipinski definition) is 5. The molecule has 4 aromatic rings. The van der Waals surface area contributed by atoms with Gasteiger partial charge in [-0.15, -0.1) is 5.10 Å². The number of amides is 1. The third-order valence-electron chi connectivity index (χ3n) is 5.66. The quantitative estimate of drug-likeness (QED) is 0.331. The highest BCUT2D eigenvalue weighted by molar-refractivity contribution is 6.36. The number of fused-ring (bicyclic) bond motifs is 1. The first-order chi connectivity index (χ1) is 17.7. The van der Waals surface area contributed by atoms with Gasteiger partial charge in [-0.05, 0) is 62.7 Å². The number of imidazole rings is 1. The maximum atomic E-state index is 12.6. The van der Waals surface area contributed by atoms with Crippen molar-refractivity contribution in [2.75, 3.05) is 18.0 Å². The Labute approximate surface area is 224 Å². The smallest absolute Gasteiger partial charge is 0.255 e. The summed E-state index contributed by atoms with van der Waals surface area (Å²) in [5.41, 5.74) is 2.93. The van der Waals surface area contributed by atoms with E-state index in [-0.39, 0.29) is 28.2 Å². The largest absolute Gasteiger partial charge is 0.506 e. The first kappa shape index (κ1) is 26.4. The van der Waals surface area contributed by atoms with Crippen LogP contribution in [0.3, 0.4) is 0 Å². The summed E-state index contributed by atoms with van der Waals surface area (Å²) in [6.07, 6.45) is 4.59. The number of aromatic hydroxyl groups is 1. The molecule has 1 fully saturated rings. The number of phenolic OH excluding ortho intramolecular Hbond substituents is 1. The Kier molecular flexibility index (Phi) is 8.31. The van der Waals surface area contributed by atoms with Crippen LogP contribution in [0.1, 0.15) is 36.3 Å². The third kappa shape index (κ3) is 6.58. The molecule has 2 aromatic heterocycles. The SMILES string of the molecule is CC(C)=Cc1cnc2ccc(N3CC[C@H](NC(=O)c4cc(Cl)cc(Cl)c4O)C3)nn12.Fc1ccccc1. The molecule has 10 heteroatoms. The summed E-state index contributed by atoms with van der Waals surface area (Å²) in [7, 11) is 0. The van der Waals surface area contributed by atoms with E-state index in [4.69, 9.17) is 28.3 Å². The molecular weight excluding hydrogens is 516 g/mol. The van der Waals surface area contributed by atoms with Crippen molar-refractivity contribution in [3.8, 4) is 5.75 Å². The normalized spacial score (nSPS) is 14.7. The highest BCUT2D eigenvalue weighted by Crippen LogP contribution is 2.31. The fraction of sp³-hybridized carbons (Fsp3) is 0.222. The van der Waals surface area contributed by atoms with Gasteiger partial charge in [0, 0.05) is 24.2 Å². The van der Waals surface area contributed by atoms with E-state index >= 15 is 0 Å². The third-order valence-corrected chi connectivity index (χ3v) is 6.17. The maximum absolute atomic E-state index is 12.6. The first-order valence-corrected chi connectivity index (χ1v) is 12.4. The van der Waals surface area contributed by atoms with E-state index in [2.05, 4.69) is 15.2 Å². The van der Waals surface area contributed by atoms with Crippen molar-refractivity contribution in [3.63, 3.8) is 0 Å². The summed E-state index contributed by atoms with van der Waals surface area (Å²) in [6, 6.07) is 14.5. The number of halogens is 3. The molecule has 1 saturated heterocycles. The van der Waals surface area contributed by atoms with Gasteiger partial charge in [0.25, 0.3) is 5.91 Å². The lowest BCUT2D eigenvalue weighted by Crippen LogP contribution is -2.37. The Hall–Kier alpha value is -3.62. The Bertz CT molecular complexity index is 1440. The lowest BCUT2D eigenvalue weighted by Gasteiger charge is -2.18. The number of carbonyl (C=O) groups is 1. The molecule has 192 valence electrons. The number of phenols is 1. The molecule has 5 rings (SSSR count). The van der Waals surface area contributed by atoms with Gasteiger partial charge in [0.1, 0.15) is 17.4 Å². The molecule has 1 atom stereocenters. The number of benzene rings is 2. The Morgan fingerprint density at radius 2 is 1.92 bits per heavy atom. The highest BCUT2D eigenvalue weighted by atomic mass is 35.5. The average Bonchev–Trinajstić information content (AvgIpc) is 3.49. The number of carbonyl (C=O) groups excluding carboxylic acids is 1. The zero-order valence-electron chi connectivity index (χ0n) is 20.3. The van der Waals surface area contributed by atoms with Crippen LogP contribution >= 0.6 is 23.2 Å². The molecule has 0 saturated carbocycles. The number of aromatic nitrogens is 3. The molecule has 37 heavy (non-hydrogen) atoms. The van der Waals surface area contributed by atoms with Gasteiger partial charge in [-0.3, -0.25) is 4.79 Å². The predicted octanol–water partition coefficient (Wildman–Crippen LogP) is 6.00. The van der Waals surface area contributed by atoms with E-state index in [9.17, 15) is 14.3 Å². The van der Waals surface area contributed by atoms with Crippen molar-refractivity contribution in [2.24, 2.45) is 0 Å². The summed E-state index contributed by atoms with van der Waals surface area (Å²) in [5.74, 6) is -0.0446. The predicted molar refractivity (Wildman–Crippen MR) is 145 cm³/mol. The van der Waals surface area contributed by atoms with Gasteiger partial charge in [0.05, 0.1) is 22.5 Å². The minimum absolute atomic E-state index is 0.0469. The number of anilines is 1. The minimum atomic E-state index is -0.410. The van der Waals surface area contributed by atoms with Crippen LogP contribution in [-0.2, 0) is 0 Å². The van der Waals surface area contributed by atoms with E-state index in [0.717, 1.165) is 35.7 Å². The Morgan fingerprint density at radius 3 is 2.59 bits per heavy atom. The van der Waals surface area contributed by atoms with Gasteiger partial charge in [0.2, 0.25) is 0 Å². The maximum Gasteiger partial charge on any atom is 0.255 e. The zero-order chi connectivity index (χ0) is 26.5. The monoisotopic (exact) mass is 541 g/mol. The zero-order valence-corrected chi connectivity index (χ0v) is 21.8. The highest BCUT2D eigenvalue weighted by Gasteiger charge is 2.27. The average molecular weight is 542 g/mol. The van der Waals surface area contributed by atoms with Crippen LogP contribution < -0.4 is 10.2 Å². The Balaban J connectivity index is 0.000000396. The molecule has 1 aliphatic heterocycles. The van der Waals surface area contributed by atoms with Crippen LogP contribution in [0.5, 0.6) is 5.75 Å². The Morgan fingerprint density at radius 1 is 1.16 bits per heavy atom. The van der Waals surface area contributed by atoms with Gasteiger partial charge in [-0.2, -0.15) is 0 Å². The van der Waals surface area contributed by atoms with Crippen LogP contribution in [0.2, 0.25) is 10.0 Å². The van der Waals surface area contributed by atoms with E-state index in [1.165, 1.54) is 24.3 Å². The van der Waals surface area contributed by atoms with Gasteiger partial charge in [0.15, 0.2) is 5.65 Å². The second kappa shape index (κ2) is 11.6. The van der Waals surface area contributed by atoms with Crippen molar-refractivity contribution < 1.29 is 14.3 Å². The van der Waals surface area contributed by atoms with E-state index < -0.39 is 5.91 Å². The molecule has 0 bridgehead atoms. The fourth-order valence-corrected chi connectivity index (χ4v) is 4.44. The minimum Gasteiger partial charge on any atom is -0.506 e. The molecule has 2 N–H and O–H groups in total. The fourth-order valence-electron chi connectivity index (χ4n) is 3.95. The second-order valence-electron chi connectivity index (χ2n) is 8.85. The van der Waals surface area contributed by atoms with Crippen molar-refractivity contribution in [1.82, 2.24) is 19.9 Å². The van der Waals surface area contributed by atoms with Gasteiger partial charge in [-0.1, -0.05) is 47.0 Å². The number of rotatable bonds is 4. The standard InChI is InChI=1S/C21H21Cl2N5O2.C6H5F/c1-12(2)7-15-10-24-18-3-4-19(26-28(15)18)27-6-5-14(11-27)25-21(30)16-8-13(22)9-17(23)20(16)29;7-6-4-2-1-3-5-6/h3-4,7-10,14,29H,5-6,11H2,1-2H3,(H,25,30);1-5H/t14-;/m0./s1. The van der Waals surface area contributed by atoms with E-state index in [0.29, 0.717) is 11.6 Å².